The van der Waals surface area contributed by atoms with Gasteiger partial charge in [0.15, 0.2) is 0 Å². The van der Waals surface area contributed by atoms with Crippen LogP contribution in [0.4, 0.5) is 0 Å². The summed E-state index contributed by atoms with van der Waals surface area (Å²) < 4.78 is 0. The van der Waals surface area contributed by atoms with E-state index in [1.165, 1.54) is 17.8 Å². The Kier molecular flexibility index (Phi) is 4.26. The van der Waals surface area contributed by atoms with Gasteiger partial charge in [-0.1, -0.05) is 0 Å². The summed E-state index contributed by atoms with van der Waals surface area (Å²) in [5.41, 5.74) is 0. The third-order valence-electron chi connectivity index (χ3n) is 0.241. The Bertz CT molecular complexity index is 80.0. The van der Waals surface area contributed by atoms with Crippen LogP contribution < -0.4 is 0 Å². The molecule has 1 radical (unpaired) electrons. The highest BCUT2D eigenvalue weighted by Gasteiger charge is 1.59. The zero-order chi connectivity index (χ0) is 4.83. The van der Waals surface area contributed by atoms with Crippen molar-refractivity contribution in [2.45, 2.75) is 0 Å². The zero-order valence-corrected chi connectivity index (χ0v) is 4.25. The molecule has 0 heterocycles. The summed E-state index contributed by atoms with van der Waals surface area (Å²) in [6, 6.07) is 1.81. The van der Waals surface area contributed by atoms with Gasteiger partial charge in [-0.05, 0) is 6.26 Å². The van der Waals surface area contributed by atoms with Crippen molar-refractivity contribution in [1.82, 2.24) is 0 Å². The second-order valence-electron chi connectivity index (χ2n) is 0.595. The third kappa shape index (κ3) is 3.58. The maximum Gasteiger partial charge on any atom is 0.0924 e. The zero-order valence-electron chi connectivity index (χ0n) is 3.43. The molecular weight excluding hydrogens is 94.1 g/mol. The lowest BCUT2D eigenvalue weighted by Crippen LogP contribution is -1.41. The molecule has 0 N–H and O–H groups in total. The van der Waals surface area contributed by atoms with Gasteiger partial charge >= 0.3 is 0 Å². The van der Waals surface area contributed by atoms with E-state index < -0.39 is 0 Å². The molecule has 0 spiro atoms. The van der Waals surface area contributed by atoms with Crippen LogP contribution in [0.25, 0.3) is 0 Å². The van der Waals surface area contributed by atoms with Crippen molar-refractivity contribution in [3.8, 4) is 6.07 Å². The molecular formula is C4H4NS. The largest absolute Gasteiger partial charge is 0.193 e. The smallest absolute Gasteiger partial charge is 0.0924 e. The minimum Gasteiger partial charge on any atom is -0.193 e. The Morgan fingerprint density at radius 1 is 1.83 bits per heavy atom. The van der Waals surface area contributed by atoms with Gasteiger partial charge in [-0.3, -0.25) is 0 Å². The van der Waals surface area contributed by atoms with Gasteiger partial charge in [-0.25, -0.2) is 0 Å². The molecule has 0 saturated carbocycles. The quantitative estimate of drug-likeness (QED) is 0.460. The van der Waals surface area contributed by atoms with Crippen molar-refractivity contribution in [3.63, 3.8) is 0 Å². The average Bonchev–Trinajstić information content (AvgIpc) is 1.61. The van der Waals surface area contributed by atoms with E-state index in [2.05, 4.69) is 5.41 Å². The molecule has 0 atom stereocenters. The van der Waals surface area contributed by atoms with Crippen LogP contribution in [-0.2, 0) is 0 Å². The summed E-state index contributed by atoms with van der Waals surface area (Å²) in [4.78, 5) is 0. The van der Waals surface area contributed by atoms with Gasteiger partial charge in [0.1, 0.15) is 0 Å². The fraction of sp³-hybridized carbons (Fsp3) is 0.250. The van der Waals surface area contributed by atoms with Gasteiger partial charge in [-0.2, -0.15) is 5.26 Å². The molecule has 1 nitrogen and oxygen atoms in total. The molecule has 0 aliphatic rings. The van der Waals surface area contributed by atoms with Crippen LogP contribution >= 0.6 is 11.8 Å². The number of hydrogen-bond donors (Lipinski definition) is 0. The summed E-state index contributed by atoms with van der Waals surface area (Å²) in [6.45, 7) is 0. The fourth-order valence-electron chi connectivity index (χ4n) is 0.0853. The standard InChI is InChI=1S/C4H4NS/c1-6-4-2-3-5/h2H,1H3. The molecule has 0 fully saturated rings. The van der Waals surface area contributed by atoms with Gasteiger partial charge in [0.2, 0.25) is 0 Å². The highest BCUT2D eigenvalue weighted by Crippen LogP contribution is 1.87. The Labute approximate surface area is 41.7 Å². The van der Waals surface area contributed by atoms with Crippen LogP contribution in [0.2, 0.25) is 0 Å². The fourth-order valence-corrected chi connectivity index (χ4v) is 0.256. The average molecular weight is 98.1 g/mol. The molecule has 0 rings (SSSR count). The van der Waals surface area contributed by atoms with Crippen molar-refractivity contribution < 1.29 is 0 Å². The van der Waals surface area contributed by atoms with E-state index >= 15 is 0 Å². The van der Waals surface area contributed by atoms with E-state index in [9.17, 15) is 0 Å². The maximum absolute atomic E-state index is 7.82. The molecule has 0 aliphatic carbocycles. The highest BCUT2D eigenvalue weighted by molar-refractivity contribution is 8.00. The summed E-state index contributed by atoms with van der Waals surface area (Å²) in [5, 5.41) is 10.4. The van der Waals surface area contributed by atoms with E-state index in [1.54, 1.807) is 0 Å². The molecule has 2 heteroatoms. The molecule has 0 bridgehead atoms. The summed E-state index contributed by atoms with van der Waals surface area (Å²) >= 11 is 1.40. The first-order valence-electron chi connectivity index (χ1n) is 1.41. The first-order valence-corrected chi connectivity index (χ1v) is 2.64. The van der Waals surface area contributed by atoms with Crippen LogP contribution in [0.15, 0.2) is 6.08 Å². The number of allylic oxidation sites excluding steroid dienone is 1. The lowest BCUT2D eigenvalue weighted by Gasteiger charge is -1.62. The van der Waals surface area contributed by atoms with E-state index in [0.717, 1.165) is 0 Å². The molecule has 6 heavy (non-hydrogen) atoms. The Morgan fingerprint density at radius 3 is 2.67 bits per heavy atom. The van der Waals surface area contributed by atoms with E-state index in [0.29, 0.717) is 0 Å². The number of nitrogens with zero attached hydrogens (tertiary/aromatic N) is 1. The number of nitriles is 1. The molecule has 0 aromatic heterocycles. The monoisotopic (exact) mass is 98.0 g/mol. The second-order valence-corrected chi connectivity index (χ2v) is 1.24. The molecule has 31 valence electrons. The lowest BCUT2D eigenvalue weighted by molar-refractivity contribution is 1.53. The number of thioether (sulfide) groups is 1. The summed E-state index contributed by atoms with van der Waals surface area (Å²) in [6.07, 6.45) is 3.18. The van der Waals surface area contributed by atoms with Gasteiger partial charge in [0.25, 0.3) is 0 Å². The van der Waals surface area contributed by atoms with Crippen molar-refractivity contribution in [3.05, 3.63) is 11.5 Å². The van der Waals surface area contributed by atoms with E-state index in [4.69, 9.17) is 5.26 Å². The summed E-state index contributed by atoms with van der Waals surface area (Å²) in [5.74, 6) is 0. The number of hydrogen-bond acceptors (Lipinski definition) is 2. The Hall–Kier alpha value is -0.420. The second kappa shape index (κ2) is 4.58. The van der Waals surface area contributed by atoms with Gasteiger partial charge < -0.3 is 0 Å². The van der Waals surface area contributed by atoms with Crippen LogP contribution in [0.3, 0.4) is 0 Å². The molecule has 0 aliphatic heterocycles. The van der Waals surface area contributed by atoms with Gasteiger partial charge in [-0.15, -0.1) is 11.8 Å². The van der Waals surface area contributed by atoms with Crippen LogP contribution in [0.1, 0.15) is 0 Å². The molecule has 0 amide bonds. The van der Waals surface area contributed by atoms with Crippen molar-refractivity contribution in [2.75, 3.05) is 6.26 Å². The van der Waals surface area contributed by atoms with Crippen molar-refractivity contribution in [1.29, 1.82) is 5.26 Å². The minimum absolute atomic E-state index is 1.32. The number of rotatable bonds is 1. The molecule has 0 saturated heterocycles. The lowest BCUT2D eigenvalue weighted by atomic mass is 10.7. The third-order valence-corrected chi connectivity index (χ3v) is 0.595. The predicted octanol–water partition coefficient (Wildman–Crippen LogP) is 1.19. The van der Waals surface area contributed by atoms with Crippen LogP contribution in [-0.4, -0.2) is 6.26 Å². The van der Waals surface area contributed by atoms with Crippen molar-refractivity contribution in [2.24, 2.45) is 0 Å². The topological polar surface area (TPSA) is 23.8 Å². The Balaban J connectivity index is 3.02. The van der Waals surface area contributed by atoms with Crippen LogP contribution in [0.5, 0.6) is 0 Å². The van der Waals surface area contributed by atoms with E-state index in [1.807, 2.05) is 12.3 Å². The first kappa shape index (κ1) is 5.58. The minimum atomic E-state index is 1.32. The Morgan fingerprint density at radius 2 is 2.50 bits per heavy atom. The molecule has 0 unspecified atom stereocenters. The molecule has 0 aromatic carbocycles. The predicted molar refractivity (Wildman–Crippen MR) is 26.9 cm³/mol. The van der Waals surface area contributed by atoms with Gasteiger partial charge in [0, 0.05) is 11.5 Å². The van der Waals surface area contributed by atoms with E-state index in [-0.39, 0.29) is 0 Å². The van der Waals surface area contributed by atoms with Crippen molar-refractivity contribution >= 4 is 11.8 Å². The normalized spacial score (nSPS) is 8.67. The summed E-state index contributed by atoms with van der Waals surface area (Å²) in [7, 11) is 0. The first-order chi connectivity index (χ1) is 2.91. The van der Waals surface area contributed by atoms with Crippen LogP contribution in [0, 0.1) is 16.7 Å². The highest BCUT2D eigenvalue weighted by atomic mass is 32.2. The SMILES string of the molecule is CS/[C]=C/C#N. The van der Waals surface area contributed by atoms with Gasteiger partial charge in [0.05, 0.1) is 6.07 Å². The molecule has 0 aromatic rings. The maximum atomic E-state index is 7.82.